The zero-order chi connectivity index (χ0) is 12.0. The van der Waals surface area contributed by atoms with Crippen LogP contribution in [0.2, 0.25) is 0 Å². The molecule has 1 aromatic rings. The third kappa shape index (κ3) is 3.79. The summed E-state index contributed by atoms with van der Waals surface area (Å²) in [6.07, 6.45) is 1.76. The molecular weight excluding hydrogens is 204 g/mol. The van der Waals surface area contributed by atoms with Crippen LogP contribution in [0.3, 0.4) is 0 Å². The van der Waals surface area contributed by atoms with Gasteiger partial charge in [0.2, 0.25) is 0 Å². The van der Waals surface area contributed by atoms with Gasteiger partial charge in [0, 0.05) is 31.5 Å². The lowest BCUT2D eigenvalue weighted by Gasteiger charge is -2.09. The van der Waals surface area contributed by atoms with Gasteiger partial charge >= 0.3 is 0 Å². The lowest BCUT2D eigenvalue weighted by atomic mass is 10.2. The first-order valence-corrected chi connectivity index (χ1v) is 5.61. The number of aromatic nitrogens is 1. The van der Waals surface area contributed by atoms with Gasteiger partial charge in [-0.2, -0.15) is 0 Å². The van der Waals surface area contributed by atoms with E-state index in [2.05, 4.69) is 13.8 Å². The molecule has 0 amide bonds. The molecule has 0 bridgehead atoms. The van der Waals surface area contributed by atoms with E-state index in [1.165, 1.54) is 0 Å². The highest BCUT2D eigenvalue weighted by Crippen LogP contribution is 1.94. The maximum Gasteiger partial charge on any atom is 0.255 e. The van der Waals surface area contributed by atoms with Gasteiger partial charge in [0.15, 0.2) is 0 Å². The summed E-state index contributed by atoms with van der Waals surface area (Å²) in [5, 5.41) is 0. The van der Waals surface area contributed by atoms with E-state index in [9.17, 15) is 4.79 Å². The number of hydrogen-bond acceptors (Lipinski definition) is 3. The minimum absolute atomic E-state index is 0.0156. The molecule has 0 radical (unpaired) electrons. The molecule has 1 aromatic heterocycles. The number of hydrogen-bond donors (Lipinski definition) is 1. The van der Waals surface area contributed by atoms with Crippen molar-refractivity contribution >= 4 is 0 Å². The molecule has 0 saturated carbocycles. The highest BCUT2D eigenvalue weighted by atomic mass is 16.5. The van der Waals surface area contributed by atoms with Gasteiger partial charge in [-0.25, -0.2) is 0 Å². The van der Waals surface area contributed by atoms with Crippen molar-refractivity contribution in [2.45, 2.75) is 26.9 Å². The van der Waals surface area contributed by atoms with Crippen molar-refractivity contribution < 1.29 is 4.74 Å². The fourth-order valence-corrected chi connectivity index (χ4v) is 1.40. The van der Waals surface area contributed by atoms with Crippen LogP contribution in [0.15, 0.2) is 23.1 Å². The van der Waals surface area contributed by atoms with Crippen molar-refractivity contribution in [3.63, 3.8) is 0 Å². The molecule has 0 spiro atoms. The molecule has 0 atom stereocenters. The van der Waals surface area contributed by atoms with Gasteiger partial charge in [-0.15, -0.1) is 0 Å². The summed E-state index contributed by atoms with van der Waals surface area (Å²) in [6.45, 7) is 6.35. The van der Waals surface area contributed by atoms with Crippen molar-refractivity contribution in [1.82, 2.24) is 4.57 Å². The minimum Gasteiger partial charge on any atom is -0.379 e. The number of nitrogens with two attached hydrogens (primary N) is 1. The van der Waals surface area contributed by atoms with E-state index >= 15 is 0 Å². The van der Waals surface area contributed by atoms with E-state index in [4.69, 9.17) is 10.5 Å². The molecule has 2 N–H and O–H groups in total. The van der Waals surface area contributed by atoms with E-state index < -0.39 is 0 Å². The molecule has 1 rings (SSSR count). The second kappa shape index (κ2) is 6.45. The average molecular weight is 224 g/mol. The molecular formula is C12H20N2O2. The third-order valence-corrected chi connectivity index (χ3v) is 2.25. The first-order valence-electron chi connectivity index (χ1n) is 5.61. The fourth-order valence-electron chi connectivity index (χ4n) is 1.40. The van der Waals surface area contributed by atoms with E-state index in [-0.39, 0.29) is 12.1 Å². The fraction of sp³-hybridized carbons (Fsp3) is 0.583. The highest BCUT2D eigenvalue weighted by molar-refractivity contribution is 5.09. The summed E-state index contributed by atoms with van der Waals surface area (Å²) >= 11 is 0. The summed E-state index contributed by atoms with van der Waals surface area (Å²) in [4.78, 5) is 11.8. The quantitative estimate of drug-likeness (QED) is 0.733. The molecule has 0 aliphatic carbocycles. The van der Waals surface area contributed by atoms with Crippen molar-refractivity contribution in [2.75, 3.05) is 13.2 Å². The summed E-state index contributed by atoms with van der Waals surface area (Å²) < 4.78 is 7.08. The molecule has 4 heteroatoms. The van der Waals surface area contributed by atoms with Gasteiger partial charge < -0.3 is 15.0 Å². The second-order valence-electron chi connectivity index (χ2n) is 4.20. The summed E-state index contributed by atoms with van der Waals surface area (Å²) in [7, 11) is 0. The normalized spacial score (nSPS) is 11.0. The zero-order valence-electron chi connectivity index (χ0n) is 9.98. The van der Waals surface area contributed by atoms with E-state index in [0.717, 1.165) is 6.61 Å². The Morgan fingerprint density at radius 2 is 2.25 bits per heavy atom. The van der Waals surface area contributed by atoms with Crippen molar-refractivity contribution in [3.05, 3.63) is 34.2 Å². The van der Waals surface area contributed by atoms with Crippen LogP contribution in [-0.4, -0.2) is 17.8 Å². The SMILES string of the molecule is CC(C)COCCn1cccc(CN)c1=O. The first-order chi connectivity index (χ1) is 7.65. The zero-order valence-corrected chi connectivity index (χ0v) is 9.98. The maximum absolute atomic E-state index is 11.8. The summed E-state index contributed by atoms with van der Waals surface area (Å²) in [6, 6.07) is 3.60. The molecule has 0 aliphatic heterocycles. The summed E-state index contributed by atoms with van der Waals surface area (Å²) in [5.74, 6) is 0.520. The first kappa shape index (κ1) is 12.9. The van der Waals surface area contributed by atoms with Crippen LogP contribution in [0.1, 0.15) is 19.4 Å². The Balaban J connectivity index is 2.51. The molecule has 0 saturated heterocycles. The Morgan fingerprint density at radius 3 is 2.88 bits per heavy atom. The molecule has 0 aromatic carbocycles. The standard InChI is InChI=1S/C12H20N2O2/c1-10(2)9-16-7-6-14-5-3-4-11(8-13)12(14)15/h3-5,10H,6-9,13H2,1-2H3. The molecule has 90 valence electrons. The van der Waals surface area contributed by atoms with E-state index in [1.54, 1.807) is 16.8 Å². The molecule has 0 aliphatic rings. The number of rotatable bonds is 6. The Kier molecular flexibility index (Phi) is 5.22. The molecule has 16 heavy (non-hydrogen) atoms. The Labute approximate surface area is 96.0 Å². The third-order valence-electron chi connectivity index (χ3n) is 2.25. The van der Waals surface area contributed by atoms with E-state index in [0.29, 0.717) is 24.6 Å². The van der Waals surface area contributed by atoms with Crippen LogP contribution in [0.25, 0.3) is 0 Å². The van der Waals surface area contributed by atoms with Gasteiger partial charge in [0.05, 0.1) is 6.61 Å². The minimum atomic E-state index is -0.0156. The topological polar surface area (TPSA) is 57.2 Å². The van der Waals surface area contributed by atoms with Crippen molar-refractivity contribution in [3.8, 4) is 0 Å². The van der Waals surface area contributed by atoms with Crippen LogP contribution in [-0.2, 0) is 17.8 Å². The number of pyridine rings is 1. The van der Waals surface area contributed by atoms with Gasteiger partial charge in [-0.1, -0.05) is 19.9 Å². The maximum atomic E-state index is 11.8. The van der Waals surface area contributed by atoms with Crippen molar-refractivity contribution in [1.29, 1.82) is 0 Å². The second-order valence-corrected chi connectivity index (χ2v) is 4.20. The highest BCUT2D eigenvalue weighted by Gasteiger charge is 2.01. The smallest absolute Gasteiger partial charge is 0.255 e. The van der Waals surface area contributed by atoms with E-state index in [1.807, 2.05) is 6.07 Å². The predicted octanol–water partition coefficient (Wildman–Crippen LogP) is 0.980. The van der Waals surface area contributed by atoms with Crippen LogP contribution in [0.5, 0.6) is 0 Å². The molecule has 0 unspecified atom stereocenters. The molecule has 0 fully saturated rings. The Hall–Kier alpha value is -1.13. The Bertz CT molecular complexity index is 372. The van der Waals surface area contributed by atoms with Crippen LogP contribution in [0, 0.1) is 5.92 Å². The number of nitrogens with zero attached hydrogens (tertiary/aromatic N) is 1. The van der Waals surface area contributed by atoms with Gasteiger partial charge in [-0.3, -0.25) is 4.79 Å². The average Bonchev–Trinajstić information content (AvgIpc) is 2.26. The van der Waals surface area contributed by atoms with Crippen molar-refractivity contribution in [2.24, 2.45) is 11.7 Å². The van der Waals surface area contributed by atoms with Gasteiger partial charge in [0.1, 0.15) is 0 Å². The predicted molar refractivity (Wildman–Crippen MR) is 64.3 cm³/mol. The largest absolute Gasteiger partial charge is 0.379 e. The molecule has 1 heterocycles. The Morgan fingerprint density at radius 1 is 1.50 bits per heavy atom. The monoisotopic (exact) mass is 224 g/mol. The molecule has 4 nitrogen and oxygen atoms in total. The van der Waals surface area contributed by atoms with Crippen LogP contribution < -0.4 is 11.3 Å². The summed E-state index contributed by atoms with van der Waals surface area (Å²) in [5.41, 5.74) is 6.10. The van der Waals surface area contributed by atoms with Crippen LogP contribution >= 0.6 is 0 Å². The van der Waals surface area contributed by atoms with Crippen LogP contribution in [0.4, 0.5) is 0 Å². The van der Waals surface area contributed by atoms with Gasteiger partial charge in [-0.05, 0) is 12.0 Å². The number of ether oxygens (including phenoxy) is 1. The lowest BCUT2D eigenvalue weighted by molar-refractivity contribution is 0.102. The van der Waals surface area contributed by atoms with Gasteiger partial charge in [0.25, 0.3) is 5.56 Å². The lowest BCUT2D eigenvalue weighted by Crippen LogP contribution is -2.26.